The van der Waals surface area contributed by atoms with Crippen molar-refractivity contribution in [2.75, 3.05) is 0 Å². The molecule has 0 aliphatic rings. The minimum atomic E-state index is 1.07. The van der Waals surface area contributed by atoms with Crippen molar-refractivity contribution < 1.29 is 0 Å². The van der Waals surface area contributed by atoms with Crippen molar-refractivity contribution in [1.82, 2.24) is 4.57 Å². The largest absolute Gasteiger partial charge is 0.354 e. The molecule has 0 fully saturated rings. The molecule has 1 rings (SSSR count). The monoisotopic (exact) mass is 108 g/mol. The zero-order valence-electron chi connectivity index (χ0n) is 5.31. The van der Waals surface area contributed by atoms with E-state index in [4.69, 9.17) is 0 Å². The van der Waals surface area contributed by atoms with Gasteiger partial charge in [0, 0.05) is 18.9 Å². The first-order valence-corrected chi connectivity index (χ1v) is 2.65. The molecule has 0 atom stereocenters. The van der Waals surface area contributed by atoms with Gasteiger partial charge < -0.3 is 4.57 Å². The fraction of sp³-hybridized carbons (Fsp3) is 0.286. The standard InChI is InChI=1S/C7H10N/c1-6-4-7(2)8(3)5-6/h4-5H,2H2,1,3H3. The molecule has 43 valence electrons. The molecule has 0 N–H and O–H groups in total. The highest BCUT2D eigenvalue weighted by molar-refractivity contribution is 5.18. The Morgan fingerprint density at radius 3 is 2.38 bits per heavy atom. The van der Waals surface area contributed by atoms with Gasteiger partial charge in [-0.15, -0.1) is 0 Å². The molecule has 1 radical (unpaired) electrons. The highest BCUT2D eigenvalue weighted by Gasteiger charge is 1.89. The topological polar surface area (TPSA) is 4.93 Å². The number of hydrogen-bond acceptors (Lipinski definition) is 0. The fourth-order valence-electron chi connectivity index (χ4n) is 0.790. The van der Waals surface area contributed by atoms with Crippen LogP contribution in [0.4, 0.5) is 0 Å². The van der Waals surface area contributed by atoms with Gasteiger partial charge in [0.1, 0.15) is 0 Å². The summed E-state index contributed by atoms with van der Waals surface area (Å²) in [7, 11) is 2.00. The molecule has 8 heavy (non-hydrogen) atoms. The maximum absolute atomic E-state index is 3.80. The molecule has 1 aromatic rings. The third kappa shape index (κ3) is 0.760. The zero-order chi connectivity index (χ0) is 6.15. The van der Waals surface area contributed by atoms with Crippen molar-refractivity contribution in [3.05, 3.63) is 30.4 Å². The van der Waals surface area contributed by atoms with Crippen LogP contribution in [0.1, 0.15) is 11.3 Å². The van der Waals surface area contributed by atoms with Gasteiger partial charge in [-0.1, -0.05) is 0 Å². The lowest BCUT2D eigenvalue weighted by atomic mass is 10.4. The summed E-state index contributed by atoms with van der Waals surface area (Å²) in [5.74, 6) is 0. The maximum Gasteiger partial charge on any atom is 0.0178 e. The molecule has 1 heteroatoms. The van der Waals surface area contributed by atoms with E-state index in [0.29, 0.717) is 0 Å². The highest BCUT2D eigenvalue weighted by Crippen LogP contribution is 2.02. The number of aryl methyl sites for hydroxylation is 2. The van der Waals surface area contributed by atoms with Gasteiger partial charge >= 0.3 is 0 Å². The minimum Gasteiger partial charge on any atom is -0.354 e. The zero-order valence-corrected chi connectivity index (χ0v) is 5.31. The van der Waals surface area contributed by atoms with Crippen LogP contribution in [-0.4, -0.2) is 4.57 Å². The van der Waals surface area contributed by atoms with Gasteiger partial charge in [-0.3, -0.25) is 0 Å². The summed E-state index contributed by atoms with van der Waals surface area (Å²) in [6.45, 7) is 5.87. The molecule has 0 aromatic carbocycles. The van der Waals surface area contributed by atoms with Crippen LogP contribution in [0, 0.1) is 13.8 Å². The van der Waals surface area contributed by atoms with Crippen LogP contribution in [0.3, 0.4) is 0 Å². The lowest BCUT2D eigenvalue weighted by Gasteiger charge is -1.89. The van der Waals surface area contributed by atoms with Gasteiger partial charge in [-0.05, 0) is 25.5 Å². The Labute approximate surface area is 49.9 Å². The summed E-state index contributed by atoms with van der Waals surface area (Å²) in [4.78, 5) is 0. The van der Waals surface area contributed by atoms with E-state index in [1.54, 1.807) is 0 Å². The first kappa shape index (κ1) is 5.42. The van der Waals surface area contributed by atoms with E-state index in [1.807, 2.05) is 11.6 Å². The first-order valence-electron chi connectivity index (χ1n) is 2.65. The van der Waals surface area contributed by atoms with E-state index in [-0.39, 0.29) is 0 Å². The van der Waals surface area contributed by atoms with Crippen molar-refractivity contribution in [2.24, 2.45) is 7.05 Å². The molecular weight excluding hydrogens is 98.1 g/mol. The molecule has 1 nitrogen and oxygen atoms in total. The summed E-state index contributed by atoms with van der Waals surface area (Å²) in [5, 5.41) is 0. The van der Waals surface area contributed by atoms with Crippen molar-refractivity contribution in [3.63, 3.8) is 0 Å². The average molecular weight is 108 g/mol. The third-order valence-electron chi connectivity index (χ3n) is 1.24. The van der Waals surface area contributed by atoms with E-state index >= 15 is 0 Å². The SMILES string of the molecule is [CH2]c1cc(C)cn1C. The lowest BCUT2D eigenvalue weighted by molar-refractivity contribution is 0.902. The summed E-state index contributed by atoms with van der Waals surface area (Å²) >= 11 is 0. The van der Waals surface area contributed by atoms with Gasteiger partial charge in [0.2, 0.25) is 0 Å². The Morgan fingerprint density at radius 1 is 1.62 bits per heavy atom. The Hall–Kier alpha value is -0.720. The van der Waals surface area contributed by atoms with Gasteiger partial charge in [0.25, 0.3) is 0 Å². The van der Waals surface area contributed by atoms with Gasteiger partial charge in [0.05, 0.1) is 0 Å². The normalized spacial score (nSPS) is 9.88. The Bertz CT molecular complexity index is 167. The summed E-state index contributed by atoms with van der Waals surface area (Å²) in [6.07, 6.45) is 2.06. The minimum absolute atomic E-state index is 1.07. The molecule has 0 spiro atoms. The van der Waals surface area contributed by atoms with E-state index < -0.39 is 0 Å². The van der Waals surface area contributed by atoms with E-state index in [9.17, 15) is 0 Å². The molecule has 0 amide bonds. The Balaban J connectivity index is 3.14. The second-order valence-corrected chi connectivity index (χ2v) is 2.12. The van der Waals surface area contributed by atoms with Crippen molar-refractivity contribution in [2.45, 2.75) is 6.92 Å². The molecule has 0 bridgehead atoms. The van der Waals surface area contributed by atoms with Crippen LogP contribution < -0.4 is 0 Å². The number of aromatic nitrogens is 1. The number of rotatable bonds is 0. The fourth-order valence-corrected chi connectivity index (χ4v) is 0.790. The quantitative estimate of drug-likeness (QED) is 0.475. The van der Waals surface area contributed by atoms with E-state index in [2.05, 4.69) is 26.1 Å². The van der Waals surface area contributed by atoms with Crippen molar-refractivity contribution in [3.8, 4) is 0 Å². The molecule has 0 saturated carbocycles. The van der Waals surface area contributed by atoms with Crippen LogP contribution in [0.2, 0.25) is 0 Å². The number of nitrogens with zero attached hydrogens (tertiary/aromatic N) is 1. The predicted octanol–water partition coefficient (Wildman–Crippen LogP) is 1.52. The molecule has 0 aliphatic carbocycles. The average Bonchev–Trinajstić information content (AvgIpc) is 1.85. The van der Waals surface area contributed by atoms with Crippen LogP contribution in [-0.2, 0) is 7.05 Å². The molecule has 0 saturated heterocycles. The Morgan fingerprint density at radius 2 is 2.25 bits per heavy atom. The van der Waals surface area contributed by atoms with Crippen molar-refractivity contribution >= 4 is 0 Å². The Kier molecular flexibility index (Phi) is 1.12. The van der Waals surface area contributed by atoms with Gasteiger partial charge in [-0.2, -0.15) is 0 Å². The van der Waals surface area contributed by atoms with Crippen molar-refractivity contribution in [1.29, 1.82) is 0 Å². The smallest absolute Gasteiger partial charge is 0.0178 e. The number of hydrogen-bond donors (Lipinski definition) is 0. The molecular formula is C7H10N. The molecule has 0 aliphatic heterocycles. The second-order valence-electron chi connectivity index (χ2n) is 2.12. The summed E-state index contributed by atoms with van der Waals surface area (Å²) < 4.78 is 2.01. The third-order valence-corrected chi connectivity index (χ3v) is 1.24. The van der Waals surface area contributed by atoms with Gasteiger partial charge in [-0.25, -0.2) is 0 Å². The molecule has 0 unspecified atom stereocenters. The molecule has 1 aromatic heterocycles. The highest BCUT2D eigenvalue weighted by atomic mass is 14.9. The predicted molar refractivity (Wildman–Crippen MR) is 34.6 cm³/mol. The summed E-state index contributed by atoms with van der Waals surface area (Å²) in [6, 6.07) is 2.06. The van der Waals surface area contributed by atoms with Crippen LogP contribution in [0.15, 0.2) is 12.3 Å². The molecule has 1 heterocycles. The maximum atomic E-state index is 3.80. The van der Waals surface area contributed by atoms with E-state index in [0.717, 1.165) is 5.69 Å². The lowest BCUT2D eigenvalue weighted by Crippen LogP contribution is -1.85. The second kappa shape index (κ2) is 1.66. The van der Waals surface area contributed by atoms with Crippen LogP contribution in [0.25, 0.3) is 0 Å². The van der Waals surface area contributed by atoms with Crippen LogP contribution >= 0.6 is 0 Å². The first-order chi connectivity index (χ1) is 3.70. The van der Waals surface area contributed by atoms with Gasteiger partial charge in [0.15, 0.2) is 0 Å². The summed E-state index contributed by atoms with van der Waals surface area (Å²) in [5.41, 5.74) is 2.35. The van der Waals surface area contributed by atoms with E-state index in [1.165, 1.54) is 5.56 Å². The van der Waals surface area contributed by atoms with Crippen LogP contribution in [0.5, 0.6) is 0 Å².